The van der Waals surface area contributed by atoms with Crippen molar-refractivity contribution in [3.8, 4) is 33.4 Å². The Hall–Kier alpha value is -7.76. The maximum Gasteiger partial charge on any atom is 0.333 e. The highest BCUT2D eigenvalue weighted by molar-refractivity contribution is 6.90. The van der Waals surface area contributed by atoms with Crippen LogP contribution >= 0.6 is 0 Å². The first kappa shape index (κ1) is 40.5. The summed E-state index contributed by atoms with van der Waals surface area (Å²) in [5.74, 6) is 0. The number of rotatable bonds is 5. The first-order valence-electron chi connectivity index (χ1n) is 24.1. The van der Waals surface area contributed by atoms with Gasteiger partial charge in [0.15, 0.2) is 0 Å². The fraction of sp³-hybridized carbons (Fsp3) is 0.143. The van der Waals surface area contributed by atoms with Crippen LogP contribution < -0.4 is 15.8 Å². The highest BCUT2D eigenvalue weighted by atomic mass is 15.3. The van der Waals surface area contributed by atoms with Gasteiger partial charge in [-0.3, -0.25) is 0 Å². The van der Waals surface area contributed by atoms with Crippen molar-refractivity contribution in [2.24, 2.45) is 5.11 Å². The molecule has 3 aliphatic heterocycles. The Labute approximate surface area is 399 Å². The van der Waals surface area contributed by atoms with Crippen LogP contribution in [0.4, 0.5) is 28.4 Å². The predicted molar refractivity (Wildman–Crippen MR) is 285 cm³/mol. The molecule has 5 heteroatoms. The van der Waals surface area contributed by atoms with Crippen LogP contribution in [0.15, 0.2) is 205 Å². The molecule has 0 N–H and O–H groups in total. The van der Waals surface area contributed by atoms with Crippen LogP contribution in [0, 0.1) is 0 Å². The van der Waals surface area contributed by atoms with Crippen molar-refractivity contribution in [3.63, 3.8) is 0 Å². The number of hydrogen-bond donors (Lipinski definition) is 0. The molecule has 10 aromatic rings. The van der Waals surface area contributed by atoms with Crippen LogP contribution in [0.5, 0.6) is 0 Å². The van der Waals surface area contributed by atoms with Crippen molar-refractivity contribution >= 4 is 68.0 Å². The SMILES string of the molecule is CC(C)(C)c1ccc2c(c1)c1cc(C(C)(C)C)cc3c1n2B1c2ccccc2N(c2ccccc2)c2cc(-c4ccc([N+]5=Nc6ccccc6C5c5ccccc5)cc4)c(-c4ccccc4)c-3c21. The summed E-state index contributed by atoms with van der Waals surface area (Å²) >= 11 is 0. The second-order valence-electron chi connectivity index (χ2n) is 21.0. The van der Waals surface area contributed by atoms with Gasteiger partial charge in [0, 0.05) is 67.2 Å². The number of nitrogens with zero attached hydrogens (tertiary/aromatic N) is 4. The average molecular weight is 876 g/mol. The number of anilines is 3. The van der Waals surface area contributed by atoms with E-state index >= 15 is 0 Å². The summed E-state index contributed by atoms with van der Waals surface area (Å²) in [6.45, 7) is 14.0. The van der Waals surface area contributed by atoms with Crippen LogP contribution in [0.25, 0.3) is 55.2 Å². The summed E-state index contributed by atoms with van der Waals surface area (Å²) in [6.07, 6.45) is 0. The molecule has 0 spiro atoms. The maximum absolute atomic E-state index is 5.25. The first-order chi connectivity index (χ1) is 33.0. The van der Waals surface area contributed by atoms with Crippen LogP contribution in [-0.2, 0) is 10.8 Å². The first-order valence-corrected chi connectivity index (χ1v) is 24.1. The Bertz CT molecular complexity index is 3690. The second kappa shape index (κ2) is 14.9. The predicted octanol–water partition coefficient (Wildman–Crippen LogP) is 15.7. The minimum Gasteiger partial charge on any atom is -0.375 e. The lowest BCUT2D eigenvalue weighted by Crippen LogP contribution is -2.56. The van der Waals surface area contributed by atoms with Crippen LogP contribution in [0.1, 0.15) is 69.8 Å². The van der Waals surface area contributed by atoms with Gasteiger partial charge in [-0.2, -0.15) is 0 Å². The molecule has 4 heterocycles. The molecule has 0 saturated heterocycles. The molecule has 0 aliphatic carbocycles. The number of para-hydroxylation sites is 2. The third-order valence-electron chi connectivity index (χ3n) is 14.8. The standard InChI is InChI=1S/C63H52BN4/c1-62(2,3)43-32-35-54-49(36-43)50-37-44(63(4,5)6)38-51-58-57(41-20-10-7-11-21-41)48(40-30-33-46(34-31-40)68-60(42-22-12-8-13-23-42)47-26-16-18-28-53(47)65-68)39-56-59(58)64(67(54)61(50)51)52-27-17-19-29-55(52)66(56)45-24-14-9-15-25-45/h7-39,60H,1-6H3/q+1. The molecule has 0 saturated carbocycles. The largest absolute Gasteiger partial charge is 0.375 e. The summed E-state index contributed by atoms with van der Waals surface area (Å²) in [5.41, 5.74) is 23.3. The molecule has 1 unspecified atom stereocenters. The summed E-state index contributed by atoms with van der Waals surface area (Å²) in [6, 6.07) is 74.6. The maximum atomic E-state index is 5.25. The molecule has 0 radical (unpaired) electrons. The van der Waals surface area contributed by atoms with E-state index in [1.54, 1.807) is 0 Å². The second-order valence-corrected chi connectivity index (χ2v) is 21.0. The lowest BCUT2D eigenvalue weighted by molar-refractivity contribution is -0.536. The van der Waals surface area contributed by atoms with Crippen molar-refractivity contribution in [2.75, 3.05) is 4.90 Å². The van der Waals surface area contributed by atoms with E-state index in [2.05, 4.69) is 256 Å². The lowest BCUT2D eigenvalue weighted by Gasteiger charge is -2.42. The summed E-state index contributed by atoms with van der Waals surface area (Å²) in [7, 11) is 0. The molecule has 1 atom stereocenters. The average Bonchev–Trinajstić information content (AvgIpc) is 3.91. The quantitative estimate of drug-likeness (QED) is 0.125. The molecule has 0 amide bonds. The van der Waals surface area contributed by atoms with E-state index < -0.39 is 0 Å². The van der Waals surface area contributed by atoms with E-state index in [-0.39, 0.29) is 23.7 Å². The molecule has 4 nitrogen and oxygen atoms in total. The highest BCUT2D eigenvalue weighted by Crippen LogP contribution is 2.53. The summed E-state index contributed by atoms with van der Waals surface area (Å²) < 4.78 is 4.91. The Kier molecular flexibility index (Phi) is 8.86. The monoisotopic (exact) mass is 875 g/mol. The molecule has 3 aliphatic rings. The number of fused-ring (bicyclic) bond motifs is 8. The van der Waals surface area contributed by atoms with Crippen molar-refractivity contribution in [1.29, 1.82) is 0 Å². The summed E-state index contributed by atoms with van der Waals surface area (Å²) in [5, 5.41) is 7.88. The van der Waals surface area contributed by atoms with Crippen molar-refractivity contribution in [2.45, 2.75) is 58.4 Å². The number of azo groups is 2. The van der Waals surface area contributed by atoms with Crippen molar-refractivity contribution in [1.82, 2.24) is 4.48 Å². The Morgan fingerprint density at radius 3 is 1.90 bits per heavy atom. The molecule has 1 aromatic heterocycles. The van der Waals surface area contributed by atoms with Gasteiger partial charge in [0.1, 0.15) is 5.69 Å². The minimum absolute atomic E-state index is 0.00272. The minimum atomic E-state index is -0.0986. The molecular formula is C63H52BN4+. The zero-order valence-corrected chi connectivity index (χ0v) is 39.5. The van der Waals surface area contributed by atoms with E-state index in [1.165, 1.54) is 94.2 Å². The van der Waals surface area contributed by atoms with Gasteiger partial charge in [-0.25, -0.2) is 0 Å². The fourth-order valence-electron chi connectivity index (χ4n) is 11.5. The van der Waals surface area contributed by atoms with Gasteiger partial charge in [0.25, 0.3) is 0 Å². The van der Waals surface area contributed by atoms with Gasteiger partial charge in [0.2, 0.25) is 11.7 Å². The van der Waals surface area contributed by atoms with Gasteiger partial charge < -0.3 is 9.38 Å². The normalized spacial score (nSPS) is 14.8. The van der Waals surface area contributed by atoms with Gasteiger partial charge in [-0.15, -0.1) is 0 Å². The van der Waals surface area contributed by atoms with Crippen LogP contribution in [0.2, 0.25) is 0 Å². The molecule has 9 aromatic carbocycles. The van der Waals surface area contributed by atoms with E-state index in [9.17, 15) is 0 Å². The summed E-state index contributed by atoms with van der Waals surface area (Å²) in [4.78, 5) is 2.53. The van der Waals surface area contributed by atoms with E-state index in [0.29, 0.717) is 0 Å². The lowest BCUT2D eigenvalue weighted by atomic mass is 9.44. The zero-order chi connectivity index (χ0) is 46.1. The molecule has 0 bridgehead atoms. The van der Waals surface area contributed by atoms with Crippen LogP contribution in [0.3, 0.4) is 0 Å². The van der Waals surface area contributed by atoms with E-state index in [1.807, 2.05) is 0 Å². The van der Waals surface area contributed by atoms with Crippen molar-refractivity contribution in [3.05, 3.63) is 222 Å². The van der Waals surface area contributed by atoms with E-state index in [4.69, 9.17) is 5.11 Å². The number of hydrogen-bond acceptors (Lipinski definition) is 2. The van der Waals surface area contributed by atoms with Crippen molar-refractivity contribution < 1.29 is 4.70 Å². The smallest absolute Gasteiger partial charge is 0.333 e. The van der Waals surface area contributed by atoms with Gasteiger partial charge in [-0.1, -0.05) is 162 Å². The molecule has 326 valence electrons. The third-order valence-corrected chi connectivity index (χ3v) is 14.8. The zero-order valence-electron chi connectivity index (χ0n) is 39.5. The molecule has 68 heavy (non-hydrogen) atoms. The van der Waals surface area contributed by atoms with Gasteiger partial charge in [-0.05, 0) is 133 Å². The van der Waals surface area contributed by atoms with Gasteiger partial charge >= 0.3 is 6.85 Å². The third kappa shape index (κ3) is 6.08. The molecular weight excluding hydrogens is 824 g/mol. The highest BCUT2D eigenvalue weighted by Gasteiger charge is 2.45. The van der Waals surface area contributed by atoms with Gasteiger partial charge in [0.05, 0.1) is 5.56 Å². The van der Waals surface area contributed by atoms with E-state index in [0.717, 1.165) is 22.6 Å². The fourth-order valence-corrected chi connectivity index (χ4v) is 11.5. The topological polar surface area (TPSA) is 23.5 Å². The van der Waals surface area contributed by atoms with Crippen LogP contribution in [-0.4, -0.2) is 16.0 Å². The number of benzene rings is 9. The number of aromatic nitrogens is 1. The Morgan fingerprint density at radius 1 is 0.515 bits per heavy atom. The Morgan fingerprint density at radius 2 is 1.16 bits per heavy atom. The molecule has 13 rings (SSSR count). The Balaban J connectivity index is 1.14. The molecule has 0 fully saturated rings.